The molecule has 1 aromatic heterocycles. The van der Waals surface area contributed by atoms with Crippen LogP contribution in [-0.2, 0) is 0 Å². The molecule has 0 unspecified atom stereocenters. The average molecular weight is 219 g/mol. The molecular formula is C13H21N3. The third kappa shape index (κ3) is 2.46. The minimum atomic E-state index is 0.455. The summed E-state index contributed by atoms with van der Waals surface area (Å²) in [6.45, 7) is 5.32. The van der Waals surface area contributed by atoms with Gasteiger partial charge in [0.05, 0.1) is 11.4 Å². The van der Waals surface area contributed by atoms with E-state index in [1.54, 1.807) is 0 Å². The summed E-state index contributed by atoms with van der Waals surface area (Å²) < 4.78 is 0. The van der Waals surface area contributed by atoms with E-state index in [2.05, 4.69) is 17.2 Å². The number of hydrogen-bond donors (Lipinski definition) is 2. The normalized spacial score (nSPS) is 18.6. The molecule has 3 heteroatoms. The summed E-state index contributed by atoms with van der Waals surface area (Å²) in [7, 11) is 0. The number of nitrogen functional groups attached to an aromatic ring is 1. The highest BCUT2D eigenvalue weighted by atomic mass is 15.0. The molecule has 0 spiro atoms. The lowest BCUT2D eigenvalue weighted by atomic mass is 9.89. The highest BCUT2D eigenvalue weighted by Gasteiger charge is 2.28. The van der Waals surface area contributed by atoms with E-state index >= 15 is 0 Å². The van der Waals surface area contributed by atoms with Gasteiger partial charge in [0.1, 0.15) is 5.82 Å². The zero-order valence-electron chi connectivity index (χ0n) is 10.2. The van der Waals surface area contributed by atoms with Gasteiger partial charge in [-0.1, -0.05) is 19.8 Å². The van der Waals surface area contributed by atoms with Gasteiger partial charge in [-0.25, -0.2) is 4.98 Å². The van der Waals surface area contributed by atoms with Gasteiger partial charge in [0.15, 0.2) is 0 Å². The van der Waals surface area contributed by atoms with Crippen molar-refractivity contribution in [2.45, 2.75) is 39.5 Å². The van der Waals surface area contributed by atoms with Gasteiger partial charge in [-0.05, 0) is 37.3 Å². The molecule has 0 aromatic carbocycles. The summed E-state index contributed by atoms with van der Waals surface area (Å²) >= 11 is 0. The smallest absolute Gasteiger partial charge is 0.126 e. The number of nitrogens with two attached hydrogens (primary N) is 1. The van der Waals surface area contributed by atoms with Crippen molar-refractivity contribution in [3.63, 3.8) is 0 Å². The summed E-state index contributed by atoms with van der Waals surface area (Å²) in [5, 5.41) is 3.43. The van der Waals surface area contributed by atoms with Gasteiger partial charge in [-0.15, -0.1) is 0 Å². The van der Waals surface area contributed by atoms with Gasteiger partial charge in [0, 0.05) is 6.54 Å². The second-order valence-electron chi connectivity index (χ2n) is 5.24. The van der Waals surface area contributed by atoms with Crippen LogP contribution >= 0.6 is 0 Å². The van der Waals surface area contributed by atoms with E-state index in [0.717, 1.165) is 23.7 Å². The standard InChI is InChI=1S/C13H21N3/c1-10-11(14)5-6-12(16-10)15-9-13(2)7-3-4-8-13/h5-6H,3-4,7-9,14H2,1-2H3,(H,15,16). The van der Waals surface area contributed by atoms with E-state index in [-0.39, 0.29) is 0 Å². The molecule has 0 radical (unpaired) electrons. The number of hydrogen-bond acceptors (Lipinski definition) is 3. The second-order valence-corrected chi connectivity index (χ2v) is 5.24. The maximum absolute atomic E-state index is 5.74. The van der Waals surface area contributed by atoms with E-state index in [9.17, 15) is 0 Å². The second kappa shape index (κ2) is 4.32. The van der Waals surface area contributed by atoms with Crippen molar-refractivity contribution in [1.29, 1.82) is 0 Å². The molecule has 1 aromatic rings. The first-order valence-corrected chi connectivity index (χ1v) is 6.06. The van der Waals surface area contributed by atoms with Gasteiger partial charge in [-0.2, -0.15) is 0 Å². The highest BCUT2D eigenvalue weighted by molar-refractivity contribution is 5.49. The molecule has 1 aliphatic carbocycles. The first-order chi connectivity index (χ1) is 7.59. The maximum Gasteiger partial charge on any atom is 0.126 e. The van der Waals surface area contributed by atoms with Crippen LogP contribution in [0.2, 0.25) is 0 Å². The number of nitrogens with zero attached hydrogens (tertiary/aromatic N) is 1. The zero-order valence-corrected chi connectivity index (χ0v) is 10.2. The average Bonchev–Trinajstić information content (AvgIpc) is 2.68. The molecule has 2 rings (SSSR count). The number of pyridine rings is 1. The highest BCUT2D eigenvalue weighted by Crippen LogP contribution is 2.37. The number of aromatic nitrogens is 1. The Hall–Kier alpha value is -1.25. The van der Waals surface area contributed by atoms with Crippen LogP contribution in [-0.4, -0.2) is 11.5 Å². The molecule has 1 heterocycles. The van der Waals surface area contributed by atoms with E-state index in [4.69, 9.17) is 5.73 Å². The first-order valence-electron chi connectivity index (χ1n) is 6.06. The Balaban J connectivity index is 1.96. The number of rotatable bonds is 3. The van der Waals surface area contributed by atoms with Crippen LogP contribution in [0, 0.1) is 12.3 Å². The van der Waals surface area contributed by atoms with Crippen molar-refractivity contribution in [3.05, 3.63) is 17.8 Å². The van der Waals surface area contributed by atoms with Gasteiger partial charge >= 0.3 is 0 Å². The van der Waals surface area contributed by atoms with Gasteiger partial charge in [0.2, 0.25) is 0 Å². The summed E-state index contributed by atoms with van der Waals surface area (Å²) in [4.78, 5) is 4.43. The van der Waals surface area contributed by atoms with Crippen LogP contribution in [0.25, 0.3) is 0 Å². The molecule has 0 bridgehead atoms. The van der Waals surface area contributed by atoms with Crippen molar-refractivity contribution < 1.29 is 0 Å². The molecule has 1 saturated carbocycles. The van der Waals surface area contributed by atoms with Crippen LogP contribution < -0.4 is 11.1 Å². The molecule has 88 valence electrons. The molecule has 16 heavy (non-hydrogen) atoms. The van der Waals surface area contributed by atoms with E-state index in [1.807, 2.05) is 19.1 Å². The van der Waals surface area contributed by atoms with Crippen molar-refractivity contribution in [2.24, 2.45) is 5.41 Å². The van der Waals surface area contributed by atoms with Crippen molar-refractivity contribution in [1.82, 2.24) is 4.98 Å². The minimum absolute atomic E-state index is 0.455. The predicted molar refractivity (Wildman–Crippen MR) is 68.5 cm³/mol. The van der Waals surface area contributed by atoms with Crippen molar-refractivity contribution >= 4 is 11.5 Å². The van der Waals surface area contributed by atoms with E-state index in [1.165, 1.54) is 25.7 Å². The Morgan fingerprint density at radius 2 is 2.06 bits per heavy atom. The fraction of sp³-hybridized carbons (Fsp3) is 0.615. The molecule has 3 N–H and O–H groups in total. The Bertz CT molecular complexity index is 367. The number of nitrogens with one attached hydrogen (secondary N) is 1. The van der Waals surface area contributed by atoms with Gasteiger partial charge in [-0.3, -0.25) is 0 Å². The fourth-order valence-corrected chi connectivity index (χ4v) is 2.38. The third-order valence-electron chi connectivity index (χ3n) is 3.63. The zero-order chi connectivity index (χ0) is 11.6. The topological polar surface area (TPSA) is 50.9 Å². The fourth-order valence-electron chi connectivity index (χ4n) is 2.38. The SMILES string of the molecule is Cc1nc(NCC2(C)CCCC2)ccc1N. The summed E-state index contributed by atoms with van der Waals surface area (Å²) in [6.07, 6.45) is 5.39. The number of aryl methyl sites for hydroxylation is 1. The largest absolute Gasteiger partial charge is 0.397 e. The Kier molecular flexibility index (Phi) is 3.03. The van der Waals surface area contributed by atoms with E-state index < -0.39 is 0 Å². The van der Waals surface area contributed by atoms with Crippen LogP contribution in [0.15, 0.2) is 12.1 Å². The monoisotopic (exact) mass is 219 g/mol. The van der Waals surface area contributed by atoms with Crippen LogP contribution in [0.3, 0.4) is 0 Å². The van der Waals surface area contributed by atoms with Crippen LogP contribution in [0.5, 0.6) is 0 Å². The summed E-state index contributed by atoms with van der Waals surface area (Å²) in [5.74, 6) is 0.944. The first kappa shape index (κ1) is 11.2. The third-order valence-corrected chi connectivity index (χ3v) is 3.63. The van der Waals surface area contributed by atoms with E-state index in [0.29, 0.717) is 5.41 Å². The molecule has 0 aliphatic heterocycles. The van der Waals surface area contributed by atoms with Gasteiger partial charge in [0.25, 0.3) is 0 Å². The Labute approximate surface area is 97.5 Å². The molecule has 0 saturated heterocycles. The molecule has 0 atom stereocenters. The molecular weight excluding hydrogens is 198 g/mol. The lowest BCUT2D eigenvalue weighted by molar-refractivity contribution is 0.361. The Morgan fingerprint density at radius 1 is 1.38 bits per heavy atom. The van der Waals surface area contributed by atoms with Crippen LogP contribution in [0.4, 0.5) is 11.5 Å². The summed E-state index contributed by atoms with van der Waals surface area (Å²) in [5.41, 5.74) is 7.86. The molecule has 1 fully saturated rings. The Morgan fingerprint density at radius 3 is 2.69 bits per heavy atom. The van der Waals surface area contributed by atoms with Gasteiger partial charge < -0.3 is 11.1 Å². The van der Waals surface area contributed by atoms with Crippen molar-refractivity contribution in [3.8, 4) is 0 Å². The van der Waals surface area contributed by atoms with Crippen molar-refractivity contribution in [2.75, 3.05) is 17.6 Å². The maximum atomic E-state index is 5.74. The lowest BCUT2D eigenvalue weighted by Gasteiger charge is -2.24. The predicted octanol–water partition coefficient (Wildman–Crippen LogP) is 2.96. The molecule has 1 aliphatic rings. The molecule has 3 nitrogen and oxygen atoms in total. The minimum Gasteiger partial charge on any atom is -0.397 e. The molecule has 0 amide bonds. The lowest BCUT2D eigenvalue weighted by Crippen LogP contribution is -2.23. The number of anilines is 2. The summed E-state index contributed by atoms with van der Waals surface area (Å²) in [6, 6.07) is 3.88. The quantitative estimate of drug-likeness (QED) is 0.821. The van der Waals surface area contributed by atoms with Crippen LogP contribution in [0.1, 0.15) is 38.3 Å².